The van der Waals surface area contributed by atoms with Crippen LogP contribution in [0.1, 0.15) is 66.2 Å². The molecule has 6 rings (SSSR count). The third-order valence-electron chi connectivity index (χ3n) is 8.59. The van der Waals surface area contributed by atoms with Crippen molar-refractivity contribution in [1.82, 2.24) is 14.6 Å². The lowest BCUT2D eigenvalue weighted by molar-refractivity contribution is -0.146. The number of hydrogen-bond donors (Lipinski definition) is 1. The number of thiophene rings is 1. The van der Waals surface area contributed by atoms with E-state index in [-0.39, 0.29) is 17.6 Å². The van der Waals surface area contributed by atoms with E-state index in [4.69, 9.17) is 4.98 Å². The Morgan fingerprint density at radius 1 is 1.23 bits per heavy atom. The molecule has 1 N–H and O–H groups in total. The largest absolute Gasteiger partial charge is 0.481 e. The number of aliphatic carboxylic acids is 1. The Kier molecular flexibility index (Phi) is 6.29. The number of carboxylic acids is 1. The summed E-state index contributed by atoms with van der Waals surface area (Å²) in [5.41, 5.74) is 3.67. The molecular weight excluding hydrogens is 515 g/mol. The van der Waals surface area contributed by atoms with Crippen LogP contribution in [0.25, 0.3) is 16.9 Å². The summed E-state index contributed by atoms with van der Waals surface area (Å²) >= 11 is 1.76. The molecule has 2 aliphatic rings. The number of Topliss-reactive ketones (excluding diaryl/α,β-unsaturated/α-hetero) is 1. The standard InChI is InChI=1S/C30H31FN4O3S/c1-4-18-14-25(28(36)21-7-8-26-20(17(21)2)9-12-39-26)32-27-15-24(33-35(18)27)22-6-5-19(13-23(22)31)34-11-10-30(3,16-34)29(37)38/h5-6,9,12-15,17,21H,4,7-8,10-11,16H2,1-3H3,(H,37,38)/t17-,21?,30?/m1/s1. The van der Waals surface area contributed by atoms with Crippen LogP contribution in [-0.4, -0.2) is 44.5 Å². The Morgan fingerprint density at radius 3 is 2.77 bits per heavy atom. The Hall–Kier alpha value is -3.59. The van der Waals surface area contributed by atoms with Crippen LogP contribution >= 0.6 is 11.3 Å². The molecule has 0 saturated carbocycles. The Morgan fingerprint density at radius 2 is 2.05 bits per heavy atom. The first kappa shape index (κ1) is 25.7. The second kappa shape index (κ2) is 9.55. The molecule has 1 aromatic carbocycles. The molecule has 3 aromatic heterocycles. The zero-order valence-electron chi connectivity index (χ0n) is 22.3. The smallest absolute Gasteiger partial charge is 0.311 e. The summed E-state index contributed by atoms with van der Waals surface area (Å²) in [5.74, 6) is -1.19. The summed E-state index contributed by atoms with van der Waals surface area (Å²) < 4.78 is 17.1. The van der Waals surface area contributed by atoms with Gasteiger partial charge in [-0.1, -0.05) is 13.8 Å². The number of carboxylic acid groups (broad SMARTS) is 1. The molecule has 39 heavy (non-hydrogen) atoms. The summed E-state index contributed by atoms with van der Waals surface area (Å²) in [7, 11) is 0. The average molecular weight is 547 g/mol. The molecule has 1 saturated heterocycles. The Bertz CT molecular complexity index is 1610. The van der Waals surface area contributed by atoms with E-state index in [2.05, 4.69) is 23.5 Å². The third-order valence-corrected chi connectivity index (χ3v) is 9.59. The van der Waals surface area contributed by atoms with Crippen molar-refractivity contribution in [2.75, 3.05) is 18.0 Å². The minimum absolute atomic E-state index is 0.0498. The number of hydrogen-bond acceptors (Lipinski definition) is 6. The van der Waals surface area contributed by atoms with Crippen molar-refractivity contribution < 1.29 is 19.1 Å². The molecule has 0 spiro atoms. The van der Waals surface area contributed by atoms with Gasteiger partial charge in [-0.3, -0.25) is 9.59 Å². The second-order valence-electron chi connectivity index (χ2n) is 11.1. The van der Waals surface area contributed by atoms with Crippen LogP contribution in [0.4, 0.5) is 10.1 Å². The zero-order chi connectivity index (χ0) is 27.5. The van der Waals surface area contributed by atoms with Crippen molar-refractivity contribution in [3.8, 4) is 11.3 Å². The fourth-order valence-corrected chi connectivity index (χ4v) is 7.08. The Labute approximate surface area is 230 Å². The molecule has 2 unspecified atom stereocenters. The maximum atomic E-state index is 15.4. The highest BCUT2D eigenvalue weighted by molar-refractivity contribution is 7.10. The minimum Gasteiger partial charge on any atom is -0.481 e. The van der Waals surface area contributed by atoms with Gasteiger partial charge in [0.25, 0.3) is 0 Å². The highest BCUT2D eigenvalue weighted by Gasteiger charge is 2.40. The quantitative estimate of drug-likeness (QED) is 0.298. The lowest BCUT2D eigenvalue weighted by Gasteiger charge is -2.27. The molecule has 1 fully saturated rings. The van der Waals surface area contributed by atoms with Crippen molar-refractivity contribution in [3.63, 3.8) is 0 Å². The van der Waals surface area contributed by atoms with Crippen LogP contribution in [0.3, 0.4) is 0 Å². The van der Waals surface area contributed by atoms with E-state index in [0.717, 1.165) is 18.5 Å². The third kappa shape index (κ3) is 4.33. The number of rotatable bonds is 6. The van der Waals surface area contributed by atoms with E-state index in [1.54, 1.807) is 34.9 Å². The maximum absolute atomic E-state index is 15.4. The van der Waals surface area contributed by atoms with Crippen molar-refractivity contribution in [3.05, 3.63) is 69.4 Å². The number of carbonyl (C=O) groups is 2. The number of fused-ring (bicyclic) bond motifs is 2. The first-order valence-electron chi connectivity index (χ1n) is 13.5. The van der Waals surface area contributed by atoms with Gasteiger partial charge in [0, 0.05) is 46.9 Å². The van der Waals surface area contributed by atoms with E-state index in [9.17, 15) is 14.7 Å². The van der Waals surface area contributed by atoms with Gasteiger partial charge in [-0.2, -0.15) is 5.10 Å². The molecule has 7 nitrogen and oxygen atoms in total. The van der Waals surface area contributed by atoms with Gasteiger partial charge in [0.15, 0.2) is 11.4 Å². The minimum atomic E-state index is -0.838. The van der Waals surface area contributed by atoms with Crippen molar-refractivity contribution in [1.29, 1.82) is 0 Å². The molecule has 1 aliphatic heterocycles. The van der Waals surface area contributed by atoms with Crippen molar-refractivity contribution in [2.24, 2.45) is 11.3 Å². The second-order valence-corrected chi connectivity index (χ2v) is 12.1. The normalized spacial score (nSPS) is 22.8. The molecule has 0 bridgehead atoms. The topological polar surface area (TPSA) is 87.8 Å². The number of anilines is 1. The number of benzene rings is 1. The maximum Gasteiger partial charge on any atom is 0.311 e. The van der Waals surface area contributed by atoms with E-state index >= 15 is 4.39 Å². The summed E-state index contributed by atoms with van der Waals surface area (Å²) in [6.07, 6.45) is 2.88. The molecule has 3 atom stereocenters. The fourth-order valence-electron chi connectivity index (χ4n) is 6.07. The van der Waals surface area contributed by atoms with Gasteiger partial charge in [0.1, 0.15) is 11.5 Å². The van der Waals surface area contributed by atoms with E-state index in [0.29, 0.717) is 54.2 Å². The number of ketones is 1. The van der Waals surface area contributed by atoms with Gasteiger partial charge >= 0.3 is 5.97 Å². The molecule has 0 amide bonds. The van der Waals surface area contributed by atoms with E-state index in [1.807, 2.05) is 24.0 Å². The lowest BCUT2D eigenvalue weighted by Crippen LogP contribution is -2.31. The van der Waals surface area contributed by atoms with Gasteiger partial charge in [-0.05, 0) is 79.8 Å². The summed E-state index contributed by atoms with van der Waals surface area (Å²) in [4.78, 5) is 33.2. The number of aromatic nitrogens is 3. The van der Waals surface area contributed by atoms with Gasteiger partial charge in [-0.15, -0.1) is 11.3 Å². The SMILES string of the molecule is CCc1cc(C(=O)C2CCc3sccc3[C@H]2C)nc2cc(-c3ccc(N4CCC(C)(C(=O)O)C4)cc3F)nn12. The van der Waals surface area contributed by atoms with Gasteiger partial charge in [-0.25, -0.2) is 13.9 Å². The molecule has 4 heterocycles. The van der Waals surface area contributed by atoms with Crippen LogP contribution in [0, 0.1) is 17.2 Å². The number of aryl methyl sites for hydroxylation is 2. The molecule has 4 aromatic rings. The highest BCUT2D eigenvalue weighted by atomic mass is 32.1. The highest BCUT2D eigenvalue weighted by Crippen LogP contribution is 2.40. The first-order valence-corrected chi connectivity index (χ1v) is 14.3. The van der Waals surface area contributed by atoms with Gasteiger partial charge in [0.05, 0.1) is 11.1 Å². The first-order chi connectivity index (χ1) is 18.7. The Balaban J connectivity index is 1.30. The number of carbonyl (C=O) groups excluding carboxylic acids is 1. The predicted molar refractivity (Wildman–Crippen MR) is 149 cm³/mol. The van der Waals surface area contributed by atoms with Crippen molar-refractivity contribution >= 4 is 34.4 Å². The van der Waals surface area contributed by atoms with Crippen molar-refractivity contribution in [2.45, 2.75) is 52.4 Å². The van der Waals surface area contributed by atoms with Crippen LogP contribution in [-0.2, 0) is 17.6 Å². The summed E-state index contributed by atoms with van der Waals surface area (Å²) in [5, 5.41) is 16.3. The summed E-state index contributed by atoms with van der Waals surface area (Å²) in [6, 6.07) is 10.6. The molecular formula is C30H31FN4O3S. The lowest BCUT2D eigenvalue weighted by atomic mass is 9.76. The summed E-state index contributed by atoms with van der Waals surface area (Å²) in [6.45, 7) is 6.75. The zero-order valence-corrected chi connectivity index (χ0v) is 23.1. The van der Waals surface area contributed by atoms with E-state index < -0.39 is 17.2 Å². The van der Waals surface area contributed by atoms with Crippen LogP contribution in [0.15, 0.2) is 41.8 Å². The number of halogens is 1. The average Bonchev–Trinajstić information content (AvgIpc) is 3.66. The molecule has 0 radical (unpaired) electrons. The molecule has 202 valence electrons. The van der Waals surface area contributed by atoms with E-state index in [1.165, 1.54) is 16.5 Å². The van der Waals surface area contributed by atoms with Crippen LogP contribution in [0.5, 0.6) is 0 Å². The predicted octanol–water partition coefficient (Wildman–Crippen LogP) is 6.01. The van der Waals surface area contributed by atoms with Gasteiger partial charge in [0.2, 0.25) is 0 Å². The fraction of sp³-hybridized carbons (Fsp3) is 0.400. The van der Waals surface area contributed by atoms with Gasteiger partial charge < -0.3 is 10.0 Å². The van der Waals surface area contributed by atoms with Crippen LogP contribution < -0.4 is 4.90 Å². The van der Waals surface area contributed by atoms with Crippen LogP contribution in [0.2, 0.25) is 0 Å². The molecule has 9 heteroatoms. The molecule has 1 aliphatic carbocycles. The monoisotopic (exact) mass is 546 g/mol. The number of nitrogens with zero attached hydrogens (tertiary/aromatic N) is 4.